The van der Waals surface area contributed by atoms with Gasteiger partial charge in [-0.05, 0) is 64.5 Å². The van der Waals surface area contributed by atoms with E-state index in [-0.39, 0.29) is 62.4 Å². The summed E-state index contributed by atoms with van der Waals surface area (Å²) >= 11 is 0. The van der Waals surface area contributed by atoms with Gasteiger partial charge in [-0.25, -0.2) is 0 Å². The van der Waals surface area contributed by atoms with Crippen molar-refractivity contribution in [3.05, 3.63) is 107 Å². The molecule has 3 aromatic rings. The zero-order valence-corrected chi connectivity index (χ0v) is 35.2. The van der Waals surface area contributed by atoms with Crippen molar-refractivity contribution < 1.29 is 38.2 Å². The van der Waals surface area contributed by atoms with E-state index in [9.17, 15) is 28.8 Å². The van der Waals surface area contributed by atoms with Crippen LogP contribution in [0.1, 0.15) is 106 Å². The predicted octanol–water partition coefficient (Wildman–Crippen LogP) is 3.82. The van der Waals surface area contributed by atoms with Crippen LogP contribution >= 0.6 is 0 Å². The minimum absolute atomic E-state index is 0.0230. The van der Waals surface area contributed by atoms with Crippen molar-refractivity contribution in [1.82, 2.24) is 21.3 Å². The lowest BCUT2D eigenvalue weighted by Crippen LogP contribution is -2.52. The summed E-state index contributed by atoms with van der Waals surface area (Å²) < 4.78 is 10.5. The molecule has 14 nitrogen and oxygen atoms in total. The molecular weight excluding hydrogens is 753 g/mol. The molecule has 0 saturated heterocycles. The Kier molecular flexibility index (Phi) is 18.7. The van der Waals surface area contributed by atoms with Crippen molar-refractivity contribution >= 4 is 35.6 Å². The maximum Gasteiger partial charge on any atom is 0.308 e. The fourth-order valence-corrected chi connectivity index (χ4v) is 5.71. The molecule has 0 heterocycles. The van der Waals surface area contributed by atoms with Gasteiger partial charge < -0.3 is 42.2 Å². The number of hydrogen-bond donors (Lipinski definition) is 6. The molecule has 1 unspecified atom stereocenters. The average molecular weight is 815 g/mol. The summed E-state index contributed by atoms with van der Waals surface area (Å²) in [4.78, 5) is 77.0. The summed E-state index contributed by atoms with van der Waals surface area (Å²) in [5.41, 5.74) is 15.8. The molecule has 0 aliphatic rings. The number of rotatable bonds is 21. The van der Waals surface area contributed by atoms with Gasteiger partial charge in [-0.2, -0.15) is 0 Å². The zero-order chi connectivity index (χ0) is 43.6. The van der Waals surface area contributed by atoms with Crippen LogP contribution in [-0.4, -0.2) is 73.3 Å². The van der Waals surface area contributed by atoms with Gasteiger partial charge in [0.1, 0.15) is 19.3 Å². The first-order valence-electron chi connectivity index (χ1n) is 20.0. The van der Waals surface area contributed by atoms with Crippen molar-refractivity contribution in [2.45, 2.75) is 116 Å². The van der Waals surface area contributed by atoms with E-state index in [1.165, 1.54) is 0 Å². The highest BCUT2D eigenvalue weighted by Gasteiger charge is 2.26. The number of nitrogens with two attached hydrogens (primary N) is 2. The smallest absolute Gasteiger partial charge is 0.308 e. The highest BCUT2D eigenvalue weighted by atomic mass is 16.5. The SMILES string of the molecule is CC(C)(C)c1cc(C(=O)NCCNC(=O)C(CCCCNC(=O)[C@@H](N)CC(=O)OCc2ccccc2)NC(=O)[C@H](N)CC(=O)OCc2ccccc2)cc(C(C)(C)C)c1. The summed E-state index contributed by atoms with van der Waals surface area (Å²) in [6, 6.07) is 20.6. The van der Waals surface area contributed by atoms with Crippen molar-refractivity contribution in [3.63, 3.8) is 0 Å². The van der Waals surface area contributed by atoms with Crippen molar-refractivity contribution in [2.75, 3.05) is 19.6 Å². The molecule has 0 aromatic heterocycles. The molecule has 3 aromatic carbocycles. The van der Waals surface area contributed by atoms with Crippen LogP contribution in [0.4, 0.5) is 0 Å². The number of benzene rings is 3. The fraction of sp³-hybridized carbons (Fsp3) is 0.467. The van der Waals surface area contributed by atoms with E-state index >= 15 is 0 Å². The molecule has 0 aliphatic carbocycles. The molecule has 320 valence electrons. The van der Waals surface area contributed by atoms with E-state index in [0.717, 1.165) is 22.3 Å². The molecular formula is C45H62N6O8. The maximum atomic E-state index is 13.4. The second kappa shape index (κ2) is 23.1. The number of nitrogens with one attached hydrogen (secondary N) is 4. The number of hydrogen-bond acceptors (Lipinski definition) is 10. The first-order chi connectivity index (χ1) is 27.8. The van der Waals surface area contributed by atoms with Gasteiger partial charge in [-0.3, -0.25) is 28.8 Å². The molecule has 14 heteroatoms. The highest BCUT2D eigenvalue weighted by molar-refractivity contribution is 5.95. The highest BCUT2D eigenvalue weighted by Crippen LogP contribution is 2.30. The van der Waals surface area contributed by atoms with Crippen molar-refractivity contribution in [1.29, 1.82) is 0 Å². The Bertz CT molecular complexity index is 1830. The Balaban J connectivity index is 1.54. The third-order valence-corrected chi connectivity index (χ3v) is 9.42. The minimum atomic E-state index is -1.28. The Labute approximate surface area is 347 Å². The van der Waals surface area contributed by atoms with Crippen LogP contribution in [0.3, 0.4) is 0 Å². The van der Waals surface area contributed by atoms with E-state index in [4.69, 9.17) is 20.9 Å². The molecule has 3 atom stereocenters. The summed E-state index contributed by atoms with van der Waals surface area (Å²) in [5.74, 6) is -3.33. The molecule has 0 aliphatic heterocycles. The molecule has 3 rings (SSSR count). The number of carbonyl (C=O) groups is 6. The monoisotopic (exact) mass is 814 g/mol. The third kappa shape index (κ3) is 17.4. The average Bonchev–Trinajstić information content (AvgIpc) is 3.19. The van der Waals surface area contributed by atoms with Crippen LogP contribution < -0.4 is 32.7 Å². The number of unbranched alkanes of at least 4 members (excludes halogenated alkanes) is 1. The second-order valence-electron chi connectivity index (χ2n) is 16.6. The largest absolute Gasteiger partial charge is 0.461 e. The number of ether oxygens (including phenoxy) is 2. The fourth-order valence-electron chi connectivity index (χ4n) is 5.71. The number of carbonyl (C=O) groups excluding carboxylic acids is 6. The van der Waals surface area contributed by atoms with Crippen molar-refractivity contribution in [3.8, 4) is 0 Å². The third-order valence-electron chi connectivity index (χ3n) is 9.42. The molecule has 0 fully saturated rings. The van der Waals surface area contributed by atoms with Crippen LogP contribution in [0.25, 0.3) is 0 Å². The quantitative estimate of drug-likeness (QED) is 0.0674. The minimum Gasteiger partial charge on any atom is -0.461 e. The van der Waals surface area contributed by atoms with Crippen LogP contribution in [0.2, 0.25) is 0 Å². The Morgan fingerprint density at radius 3 is 1.53 bits per heavy atom. The summed E-state index contributed by atoms with van der Waals surface area (Å²) in [6.07, 6.45) is 0.262. The lowest BCUT2D eigenvalue weighted by molar-refractivity contribution is -0.147. The molecule has 0 saturated carbocycles. The van der Waals surface area contributed by atoms with Gasteiger partial charge in [0.25, 0.3) is 5.91 Å². The predicted molar refractivity (Wildman–Crippen MR) is 226 cm³/mol. The van der Waals surface area contributed by atoms with Gasteiger partial charge in [-0.15, -0.1) is 0 Å². The first-order valence-corrected chi connectivity index (χ1v) is 20.0. The zero-order valence-electron chi connectivity index (χ0n) is 35.2. The first kappa shape index (κ1) is 47.8. The Hall–Kier alpha value is -5.60. The molecule has 0 radical (unpaired) electrons. The van der Waals surface area contributed by atoms with E-state index in [1.807, 2.05) is 60.7 Å². The maximum absolute atomic E-state index is 13.4. The lowest BCUT2D eigenvalue weighted by atomic mass is 9.79. The van der Waals surface area contributed by atoms with E-state index in [0.29, 0.717) is 18.4 Å². The van der Waals surface area contributed by atoms with Gasteiger partial charge in [0.2, 0.25) is 17.7 Å². The van der Waals surface area contributed by atoms with Crippen LogP contribution in [0.5, 0.6) is 0 Å². The van der Waals surface area contributed by atoms with E-state index in [1.54, 1.807) is 12.1 Å². The van der Waals surface area contributed by atoms with Crippen LogP contribution in [0, 0.1) is 0 Å². The standard InChI is InChI=1S/C45H62N6O8/c1-44(2,3)33-23-32(24-34(25-33)45(4,5)6)40(54)49-21-22-50-43(57)37(51-42(56)36(47)27-39(53)59-29-31-17-11-8-12-18-31)19-13-14-20-48-41(55)35(46)26-38(52)58-28-30-15-9-7-10-16-30/h7-12,15-18,23-25,35-37H,13-14,19-22,26-29,46-47H2,1-6H3,(H,48,55)(H,49,54)(H,50,57)(H,51,56)/t35-,36+,37?/m0/s1. The molecule has 8 N–H and O–H groups in total. The number of esters is 2. The van der Waals surface area contributed by atoms with Gasteiger partial charge >= 0.3 is 11.9 Å². The number of amides is 4. The molecule has 4 amide bonds. The molecule has 59 heavy (non-hydrogen) atoms. The summed E-state index contributed by atoms with van der Waals surface area (Å²) in [5, 5.41) is 11.0. The second-order valence-corrected chi connectivity index (χ2v) is 16.6. The summed E-state index contributed by atoms with van der Waals surface area (Å²) in [7, 11) is 0. The summed E-state index contributed by atoms with van der Waals surface area (Å²) in [6.45, 7) is 13.0. The van der Waals surface area contributed by atoms with Gasteiger partial charge in [0.15, 0.2) is 0 Å². The van der Waals surface area contributed by atoms with E-state index in [2.05, 4.69) is 68.9 Å². The lowest BCUT2D eigenvalue weighted by Gasteiger charge is -2.26. The Morgan fingerprint density at radius 1 is 0.576 bits per heavy atom. The van der Waals surface area contributed by atoms with Gasteiger partial charge in [0.05, 0.1) is 24.9 Å². The Morgan fingerprint density at radius 2 is 1.03 bits per heavy atom. The van der Waals surface area contributed by atoms with Crippen molar-refractivity contribution in [2.24, 2.45) is 11.5 Å². The van der Waals surface area contributed by atoms with Crippen LogP contribution in [0.15, 0.2) is 78.9 Å². The van der Waals surface area contributed by atoms with Gasteiger partial charge in [0, 0.05) is 25.2 Å². The van der Waals surface area contributed by atoms with Gasteiger partial charge in [-0.1, -0.05) is 108 Å². The topological polar surface area (TPSA) is 221 Å². The van der Waals surface area contributed by atoms with Crippen LogP contribution in [-0.2, 0) is 57.5 Å². The molecule has 0 bridgehead atoms. The normalized spacial score (nSPS) is 12.9. The molecule has 0 spiro atoms. The van der Waals surface area contributed by atoms with E-state index < -0.39 is 54.2 Å².